The number of halogens is 3. The second-order valence-corrected chi connectivity index (χ2v) is 4.38. The van der Waals surface area contributed by atoms with E-state index in [9.17, 15) is 13.2 Å². The van der Waals surface area contributed by atoms with E-state index in [0.29, 0.717) is 6.54 Å². The van der Waals surface area contributed by atoms with Crippen LogP contribution in [0.25, 0.3) is 0 Å². The lowest BCUT2D eigenvalue weighted by molar-refractivity contribution is -0.150. The Kier molecular flexibility index (Phi) is 3.86. The summed E-state index contributed by atoms with van der Waals surface area (Å²) in [5.74, 6) is 0.152. The Morgan fingerprint density at radius 1 is 1.35 bits per heavy atom. The highest BCUT2D eigenvalue weighted by Gasteiger charge is 2.48. The normalized spacial score (nSPS) is 19.1. The van der Waals surface area contributed by atoms with Crippen LogP contribution in [0.5, 0.6) is 0 Å². The predicted molar refractivity (Wildman–Crippen MR) is 66.7 cm³/mol. The molecular formula is C13H13F3N4. The van der Waals surface area contributed by atoms with E-state index in [4.69, 9.17) is 5.26 Å². The number of nitrogens with one attached hydrogen (secondary N) is 2. The summed E-state index contributed by atoms with van der Waals surface area (Å²) in [6.07, 6.45) is -4.50. The Morgan fingerprint density at radius 3 is 2.55 bits per heavy atom. The molecule has 0 aliphatic carbocycles. The van der Waals surface area contributed by atoms with Crippen LogP contribution in [0.15, 0.2) is 41.7 Å². The molecule has 2 N–H and O–H groups in total. The monoisotopic (exact) mass is 282 g/mol. The number of hydrogen-bond donors (Lipinski definition) is 2. The molecule has 4 nitrogen and oxygen atoms in total. The van der Waals surface area contributed by atoms with Crippen molar-refractivity contribution in [1.29, 1.82) is 5.26 Å². The van der Waals surface area contributed by atoms with Crippen molar-refractivity contribution in [3.63, 3.8) is 0 Å². The fraction of sp³-hybridized carbons (Fsp3) is 0.308. The van der Waals surface area contributed by atoms with Crippen LogP contribution in [0.1, 0.15) is 5.56 Å². The van der Waals surface area contributed by atoms with Crippen molar-refractivity contribution in [3.05, 3.63) is 47.3 Å². The highest BCUT2D eigenvalue weighted by molar-refractivity contribution is 5.36. The van der Waals surface area contributed by atoms with Gasteiger partial charge >= 0.3 is 6.18 Å². The molecule has 106 valence electrons. The van der Waals surface area contributed by atoms with Crippen LogP contribution in [0.2, 0.25) is 0 Å². The zero-order valence-corrected chi connectivity index (χ0v) is 10.7. The van der Waals surface area contributed by atoms with Crippen LogP contribution in [0.3, 0.4) is 0 Å². The first-order chi connectivity index (χ1) is 9.43. The fourth-order valence-corrected chi connectivity index (χ4v) is 1.99. The lowest BCUT2D eigenvalue weighted by Gasteiger charge is -2.20. The van der Waals surface area contributed by atoms with Crippen molar-refractivity contribution < 1.29 is 13.2 Å². The van der Waals surface area contributed by atoms with Crippen LogP contribution in [0.4, 0.5) is 13.2 Å². The fourth-order valence-electron chi connectivity index (χ4n) is 1.99. The van der Waals surface area contributed by atoms with Crippen molar-refractivity contribution in [2.75, 3.05) is 7.05 Å². The Hall–Kier alpha value is -2.20. The average Bonchev–Trinajstić information content (AvgIpc) is 2.74. The van der Waals surface area contributed by atoms with Crippen molar-refractivity contribution in [3.8, 4) is 6.07 Å². The van der Waals surface area contributed by atoms with Gasteiger partial charge in [0.15, 0.2) is 6.04 Å². The molecule has 0 saturated carbocycles. The average molecular weight is 282 g/mol. The summed E-state index contributed by atoms with van der Waals surface area (Å²) in [6.45, 7) is 0.345. The van der Waals surface area contributed by atoms with Gasteiger partial charge in [-0.15, -0.1) is 0 Å². The Balaban J connectivity index is 2.18. The quantitative estimate of drug-likeness (QED) is 0.889. The van der Waals surface area contributed by atoms with Crippen LogP contribution in [0, 0.1) is 11.3 Å². The zero-order valence-electron chi connectivity index (χ0n) is 10.7. The summed E-state index contributed by atoms with van der Waals surface area (Å²) in [5, 5.41) is 13.0. The number of nitriles is 1. The topological polar surface area (TPSA) is 51.1 Å². The molecule has 1 aliphatic rings. The molecule has 0 fully saturated rings. The van der Waals surface area contributed by atoms with E-state index in [1.54, 1.807) is 6.07 Å². The molecule has 1 atom stereocenters. The number of hydrogen-bond acceptors (Lipinski definition) is 4. The largest absolute Gasteiger partial charge is 0.410 e. The molecule has 20 heavy (non-hydrogen) atoms. The molecule has 0 spiro atoms. The lowest BCUT2D eigenvalue weighted by atomic mass is 10.1. The molecule has 0 bridgehead atoms. The van der Waals surface area contributed by atoms with E-state index in [1.807, 2.05) is 30.3 Å². The summed E-state index contributed by atoms with van der Waals surface area (Å²) >= 11 is 0. The molecule has 1 heterocycles. The van der Waals surface area contributed by atoms with Gasteiger partial charge in [0.1, 0.15) is 11.9 Å². The van der Waals surface area contributed by atoms with Crippen LogP contribution >= 0.6 is 0 Å². The predicted octanol–water partition coefficient (Wildman–Crippen LogP) is 1.89. The SMILES string of the molecule is CN1NC(C(F)(F)F)C(C#N)=C1NCc1ccccc1. The maximum Gasteiger partial charge on any atom is 0.410 e. The van der Waals surface area contributed by atoms with Crippen LogP contribution in [-0.4, -0.2) is 24.3 Å². The highest BCUT2D eigenvalue weighted by Crippen LogP contribution is 2.30. The van der Waals surface area contributed by atoms with Gasteiger partial charge in [-0.25, -0.2) is 5.43 Å². The summed E-state index contributed by atoms with van der Waals surface area (Å²) < 4.78 is 38.4. The Bertz CT molecular complexity index is 545. The number of rotatable bonds is 3. The minimum Gasteiger partial charge on any atom is -0.366 e. The molecule has 0 radical (unpaired) electrons. The highest BCUT2D eigenvalue weighted by atomic mass is 19.4. The minimum absolute atomic E-state index is 0.152. The third-order valence-electron chi connectivity index (χ3n) is 2.95. The van der Waals surface area contributed by atoms with Gasteiger partial charge in [0.25, 0.3) is 0 Å². The first-order valence-electron chi connectivity index (χ1n) is 5.92. The summed E-state index contributed by atoms with van der Waals surface area (Å²) in [4.78, 5) is 0. The van der Waals surface area contributed by atoms with Crippen LogP contribution in [-0.2, 0) is 6.54 Å². The molecule has 1 unspecified atom stereocenters. The van der Waals surface area contributed by atoms with Gasteiger partial charge in [-0.2, -0.15) is 18.4 Å². The molecule has 0 amide bonds. The van der Waals surface area contributed by atoms with E-state index in [0.717, 1.165) is 5.56 Å². The van der Waals surface area contributed by atoms with Crippen molar-refractivity contribution in [2.45, 2.75) is 18.8 Å². The standard InChI is InChI=1S/C13H13F3N4/c1-20-12(18-8-9-5-3-2-4-6-9)10(7-17)11(19-20)13(14,15)16/h2-6,11,18-19H,8H2,1H3. The van der Waals surface area contributed by atoms with E-state index in [2.05, 4.69) is 10.7 Å². The maximum absolute atomic E-state index is 12.8. The summed E-state index contributed by atoms with van der Waals surface area (Å²) in [6, 6.07) is 8.90. The summed E-state index contributed by atoms with van der Waals surface area (Å²) in [5.41, 5.74) is 2.80. The van der Waals surface area contributed by atoms with E-state index in [-0.39, 0.29) is 11.4 Å². The second-order valence-electron chi connectivity index (χ2n) is 4.38. The zero-order chi connectivity index (χ0) is 14.8. The molecular weight excluding hydrogens is 269 g/mol. The molecule has 0 aromatic heterocycles. The summed E-state index contributed by atoms with van der Waals surface area (Å²) in [7, 11) is 1.44. The van der Waals surface area contributed by atoms with E-state index in [1.165, 1.54) is 12.1 Å². The lowest BCUT2D eigenvalue weighted by Crippen LogP contribution is -2.44. The first-order valence-corrected chi connectivity index (χ1v) is 5.92. The molecule has 0 saturated heterocycles. The third-order valence-corrected chi connectivity index (χ3v) is 2.95. The van der Waals surface area contributed by atoms with Gasteiger partial charge in [-0.3, -0.25) is 5.01 Å². The van der Waals surface area contributed by atoms with Gasteiger partial charge in [0.05, 0.1) is 5.57 Å². The smallest absolute Gasteiger partial charge is 0.366 e. The van der Waals surface area contributed by atoms with Gasteiger partial charge < -0.3 is 5.32 Å². The van der Waals surface area contributed by atoms with E-state index >= 15 is 0 Å². The van der Waals surface area contributed by atoms with Gasteiger partial charge in [0, 0.05) is 13.6 Å². The Labute approximate surface area is 114 Å². The van der Waals surface area contributed by atoms with Gasteiger partial charge in [-0.05, 0) is 5.56 Å². The number of nitrogens with zero attached hydrogens (tertiary/aromatic N) is 2. The van der Waals surface area contributed by atoms with E-state index < -0.39 is 12.2 Å². The van der Waals surface area contributed by atoms with Crippen molar-refractivity contribution in [1.82, 2.24) is 15.8 Å². The van der Waals surface area contributed by atoms with Crippen molar-refractivity contribution in [2.24, 2.45) is 0 Å². The molecule has 1 aliphatic heterocycles. The minimum atomic E-state index is -4.50. The molecule has 7 heteroatoms. The molecule has 2 rings (SSSR count). The number of benzene rings is 1. The second kappa shape index (κ2) is 5.43. The number of hydrazine groups is 1. The maximum atomic E-state index is 12.8. The molecule has 1 aromatic rings. The van der Waals surface area contributed by atoms with Gasteiger partial charge in [0.2, 0.25) is 0 Å². The Morgan fingerprint density at radius 2 is 2.00 bits per heavy atom. The van der Waals surface area contributed by atoms with Gasteiger partial charge in [-0.1, -0.05) is 30.3 Å². The van der Waals surface area contributed by atoms with Crippen LogP contribution < -0.4 is 10.7 Å². The molecule has 1 aromatic carbocycles. The first kappa shape index (κ1) is 14.2. The van der Waals surface area contributed by atoms with Crippen molar-refractivity contribution >= 4 is 0 Å². The number of alkyl halides is 3. The third kappa shape index (κ3) is 2.86.